The fourth-order valence-electron chi connectivity index (χ4n) is 2.65. The van der Waals surface area contributed by atoms with Crippen molar-refractivity contribution in [3.63, 3.8) is 0 Å². The Morgan fingerprint density at radius 3 is 2.67 bits per heavy atom. The standard InChI is InChI=1S/C16H13ClO/c17-13-8-6-11-7-9-14(15(11)10-13)16(18)12-4-2-1-3-5-12/h1-6,8,10,14H,7,9H2. The minimum absolute atomic E-state index is 0.0268. The molecule has 0 aliphatic heterocycles. The first-order valence-corrected chi connectivity index (χ1v) is 6.51. The second kappa shape index (κ2) is 4.58. The third-order valence-corrected chi connectivity index (χ3v) is 3.80. The Kier molecular flexibility index (Phi) is 2.92. The van der Waals surface area contributed by atoms with Crippen LogP contribution in [0.25, 0.3) is 0 Å². The van der Waals surface area contributed by atoms with Crippen LogP contribution < -0.4 is 0 Å². The van der Waals surface area contributed by atoms with Gasteiger partial charge >= 0.3 is 0 Å². The van der Waals surface area contributed by atoms with Gasteiger partial charge < -0.3 is 0 Å². The van der Waals surface area contributed by atoms with Gasteiger partial charge in [-0.15, -0.1) is 0 Å². The molecule has 0 fully saturated rings. The fraction of sp³-hybridized carbons (Fsp3) is 0.188. The van der Waals surface area contributed by atoms with Gasteiger partial charge in [-0.1, -0.05) is 48.0 Å². The summed E-state index contributed by atoms with van der Waals surface area (Å²) in [6.07, 6.45) is 1.86. The lowest BCUT2D eigenvalue weighted by atomic mass is 9.92. The highest BCUT2D eigenvalue weighted by molar-refractivity contribution is 6.30. The molecule has 1 nitrogen and oxygen atoms in total. The number of fused-ring (bicyclic) bond motifs is 1. The van der Waals surface area contributed by atoms with E-state index in [0.29, 0.717) is 5.02 Å². The van der Waals surface area contributed by atoms with Crippen LogP contribution in [-0.2, 0) is 6.42 Å². The van der Waals surface area contributed by atoms with E-state index in [2.05, 4.69) is 0 Å². The molecule has 0 aromatic heterocycles. The third-order valence-electron chi connectivity index (χ3n) is 3.56. The summed E-state index contributed by atoms with van der Waals surface area (Å²) in [4.78, 5) is 12.5. The number of Topliss-reactive ketones (excluding diaryl/α,β-unsaturated/α-hetero) is 1. The second-order valence-corrected chi connectivity index (χ2v) is 5.10. The Balaban J connectivity index is 1.97. The first-order chi connectivity index (χ1) is 8.75. The molecule has 0 amide bonds. The van der Waals surface area contributed by atoms with Crippen molar-refractivity contribution in [2.75, 3.05) is 0 Å². The van der Waals surface area contributed by atoms with Gasteiger partial charge in [0.15, 0.2) is 5.78 Å². The van der Waals surface area contributed by atoms with Crippen LogP contribution in [0.5, 0.6) is 0 Å². The molecular weight excluding hydrogens is 244 g/mol. The predicted octanol–water partition coefficient (Wildman–Crippen LogP) is 4.25. The Morgan fingerprint density at radius 2 is 1.89 bits per heavy atom. The van der Waals surface area contributed by atoms with Crippen LogP contribution in [0.1, 0.15) is 33.8 Å². The molecule has 0 heterocycles. The maximum Gasteiger partial charge on any atom is 0.170 e. The Labute approximate surface area is 111 Å². The molecule has 2 aromatic carbocycles. The molecule has 2 heteroatoms. The molecule has 1 atom stereocenters. The fourth-order valence-corrected chi connectivity index (χ4v) is 2.83. The van der Waals surface area contributed by atoms with E-state index in [4.69, 9.17) is 11.6 Å². The van der Waals surface area contributed by atoms with E-state index in [1.807, 2.05) is 48.5 Å². The van der Waals surface area contributed by atoms with Gasteiger partial charge in [0, 0.05) is 16.5 Å². The van der Waals surface area contributed by atoms with Crippen LogP contribution in [0.2, 0.25) is 5.02 Å². The molecule has 1 unspecified atom stereocenters. The van der Waals surface area contributed by atoms with E-state index in [9.17, 15) is 4.79 Å². The molecule has 90 valence electrons. The third kappa shape index (κ3) is 1.95. The van der Waals surface area contributed by atoms with Crippen molar-refractivity contribution in [2.45, 2.75) is 18.8 Å². The van der Waals surface area contributed by atoms with Crippen LogP contribution in [0.3, 0.4) is 0 Å². The summed E-state index contributed by atoms with van der Waals surface area (Å²) in [7, 11) is 0. The van der Waals surface area contributed by atoms with Crippen molar-refractivity contribution in [3.05, 3.63) is 70.2 Å². The van der Waals surface area contributed by atoms with Gasteiger partial charge in [-0.25, -0.2) is 0 Å². The van der Waals surface area contributed by atoms with Crippen molar-refractivity contribution in [2.24, 2.45) is 0 Å². The average molecular weight is 257 g/mol. The first kappa shape index (κ1) is 11.5. The zero-order chi connectivity index (χ0) is 12.5. The van der Waals surface area contributed by atoms with E-state index in [-0.39, 0.29) is 11.7 Å². The maximum atomic E-state index is 12.5. The number of hydrogen-bond acceptors (Lipinski definition) is 1. The van der Waals surface area contributed by atoms with Crippen molar-refractivity contribution in [3.8, 4) is 0 Å². The zero-order valence-corrected chi connectivity index (χ0v) is 10.7. The second-order valence-electron chi connectivity index (χ2n) is 4.66. The minimum atomic E-state index is -0.0268. The quantitative estimate of drug-likeness (QED) is 0.734. The number of carbonyl (C=O) groups excluding carboxylic acids is 1. The van der Waals surface area contributed by atoms with E-state index in [1.54, 1.807) is 0 Å². The van der Waals surface area contributed by atoms with E-state index in [1.165, 1.54) is 5.56 Å². The summed E-state index contributed by atoms with van der Waals surface area (Å²) in [6.45, 7) is 0. The highest BCUT2D eigenvalue weighted by Gasteiger charge is 2.29. The maximum absolute atomic E-state index is 12.5. The van der Waals surface area contributed by atoms with Crippen molar-refractivity contribution in [1.29, 1.82) is 0 Å². The van der Waals surface area contributed by atoms with Gasteiger partial charge in [0.2, 0.25) is 0 Å². The van der Waals surface area contributed by atoms with Crippen molar-refractivity contribution in [1.82, 2.24) is 0 Å². The van der Waals surface area contributed by atoms with Crippen LogP contribution in [0.15, 0.2) is 48.5 Å². The summed E-state index contributed by atoms with van der Waals surface area (Å²) in [5.74, 6) is 0.178. The van der Waals surface area contributed by atoms with E-state index < -0.39 is 0 Å². The number of hydrogen-bond donors (Lipinski definition) is 0. The van der Waals surface area contributed by atoms with Gasteiger partial charge in [0.1, 0.15) is 0 Å². The van der Waals surface area contributed by atoms with Crippen LogP contribution in [-0.4, -0.2) is 5.78 Å². The summed E-state index contributed by atoms with van der Waals surface area (Å²) in [5, 5.41) is 0.710. The normalized spacial score (nSPS) is 17.5. The molecule has 18 heavy (non-hydrogen) atoms. The number of benzene rings is 2. The number of aryl methyl sites for hydroxylation is 1. The average Bonchev–Trinajstić information content (AvgIpc) is 2.82. The zero-order valence-electron chi connectivity index (χ0n) is 9.90. The van der Waals surface area contributed by atoms with E-state index in [0.717, 1.165) is 24.0 Å². The van der Waals surface area contributed by atoms with Crippen molar-refractivity contribution >= 4 is 17.4 Å². The van der Waals surface area contributed by atoms with Gasteiger partial charge in [-0.2, -0.15) is 0 Å². The molecule has 0 saturated carbocycles. The minimum Gasteiger partial charge on any atom is -0.293 e. The lowest BCUT2D eigenvalue weighted by Gasteiger charge is -2.10. The van der Waals surface area contributed by atoms with Gasteiger partial charge in [0.05, 0.1) is 0 Å². The van der Waals surface area contributed by atoms with Gasteiger partial charge in [0.25, 0.3) is 0 Å². The molecule has 2 aromatic rings. The molecule has 1 aliphatic rings. The summed E-state index contributed by atoms with van der Waals surface area (Å²) in [6, 6.07) is 15.4. The highest BCUT2D eigenvalue weighted by atomic mass is 35.5. The van der Waals surface area contributed by atoms with Gasteiger partial charge in [-0.05, 0) is 36.1 Å². The summed E-state index contributed by atoms with van der Waals surface area (Å²) in [5.41, 5.74) is 3.15. The molecule has 0 saturated heterocycles. The summed E-state index contributed by atoms with van der Waals surface area (Å²) < 4.78 is 0. The number of halogens is 1. The molecule has 0 radical (unpaired) electrons. The highest BCUT2D eigenvalue weighted by Crippen LogP contribution is 2.36. The molecule has 0 N–H and O–H groups in total. The molecular formula is C16H13ClO. The van der Waals surface area contributed by atoms with E-state index >= 15 is 0 Å². The smallest absolute Gasteiger partial charge is 0.170 e. The molecule has 0 bridgehead atoms. The largest absolute Gasteiger partial charge is 0.293 e. The monoisotopic (exact) mass is 256 g/mol. The first-order valence-electron chi connectivity index (χ1n) is 6.13. The molecule has 0 spiro atoms. The number of carbonyl (C=O) groups is 1. The Morgan fingerprint density at radius 1 is 1.11 bits per heavy atom. The molecule has 1 aliphatic carbocycles. The number of rotatable bonds is 2. The number of ketones is 1. The lowest BCUT2D eigenvalue weighted by Crippen LogP contribution is -2.09. The van der Waals surface area contributed by atoms with Crippen LogP contribution in [0, 0.1) is 0 Å². The van der Waals surface area contributed by atoms with Crippen molar-refractivity contribution < 1.29 is 4.79 Å². The van der Waals surface area contributed by atoms with Crippen LogP contribution in [0.4, 0.5) is 0 Å². The lowest BCUT2D eigenvalue weighted by molar-refractivity contribution is 0.0959. The van der Waals surface area contributed by atoms with Crippen LogP contribution >= 0.6 is 11.6 Å². The molecule has 3 rings (SSSR count). The Bertz CT molecular complexity index is 589. The Hall–Kier alpha value is -1.60. The predicted molar refractivity (Wildman–Crippen MR) is 73.3 cm³/mol. The SMILES string of the molecule is O=C(c1ccccc1)C1CCc2ccc(Cl)cc21. The van der Waals surface area contributed by atoms with Gasteiger partial charge in [-0.3, -0.25) is 4.79 Å². The summed E-state index contributed by atoms with van der Waals surface area (Å²) >= 11 is 6.03. The topological polar surface area (TPSA) is 17.1 Å².